The van der Waals surface area contributed by atoms with E-state index in [1.54, 1.807) is 12.1 Å². The number of rotatable bonds is 3. The van der Waals surface area contributed by atoms with E-state index in [0.717, 1.165) is 0 Å². The summed E-state index contributed by atoms with van der Waals surface area (Å²) in [6.07, 6.45) is 0. The van der Waals surface area contributed by atoms with Crippen molar-refractivity contribution in [3.05, 3.63) is 29.3 Å². The van der Waals surface area contributed by atoms with E-state index in [2.05, 4.69) is 0 Å². The highest BCUT2D eigenvalue weighted by Crippen LogP contribution is 2.22. The van der Waals surface area contributed by atoms with Crippen LogP contribution in [-0.4, -0.2) is 17.6 Å². The van der Waals surface area contributed by atoms with Crippen LogP contribution in [0.5, 0.6) is 0 Å². The summed E-state index contributed by atoms with van der Waals surface area (Å²) in [5.41, 5.74) is 17.6. The molecular weight excluding hydrogens is 182 g/mol. The van der Waals surface area contributed by atoms with Crippen LogP contribution in [0.15, 0.2) is 18.2 Å². The van der Waals surface area contributed by atoms with Gasteiger partial charge in [0.15, 0.2) is 0 Å². The number of hydrogen-bond donors (Lipinski definition) is 4. The molecule has 0 aliphatic heterocycles. The molecule has 1 aromatic rings. The van der Waals surface area contributed by atoms with Gasteiger partial charge in [-0.25, -0.2) is 4.79 Å². The molecule has 0 saturated carbocycles. The Kier molecular flexibility index (Phi) is 3.06. The molecule has 1 atom stereocenters. The topological polar surface area (TPSA) is 115 Å². The number of nitrogens with two attached hydrogens (primary N) is 3. The molecule has 1 aromatic carbocycles. The first-order valence-corrected chi connectivity index (χ1v) is 4.15. The summed E-state index contributed by atoms with van der Waals surface area (Å²) < 4.78 is 0. The van der Waals surface area contributed by atoms with Crippen LogP contribution in [0.4, 0.5) is 5.69 Å². The van der Waals surface area contributed by atoms with E-state index in [1.807, 2.05) is 0 Å². The van der Waals surface area contributed by atoms with Gasteiger partial charge in [0.25, 0.3) is 0 Å². The lowest BCUT2D eigenvalue weighted by molar-refractivity contribution is 0.0695. The van der Waals surface area contributed by atoms with Gasteiger partial charge in [0.2, 0.25) is 0 Å². The van der Waals surface area contributed by atoms with Gasteiger partial charge in [-0.1, -0.05) is 6.07 Å². The minimum Gasteiger partial charge on any atom is -0.478 e. The van der Waals surface area contributed by atoms with Crippen molar-refractivity contribution >= 4 is 11.7 Å². The predicted octanol–water partition coefficient (Wildman–Crippen LogP) is -0.0745. The highest BCUT2D eigenvalue weighted by molar-refractivity contribution is 5.91. The average Bonchev–Trinajstić information content (AvgIpc) is 2.16. The van der Waals surface area contributed by atoms with Crippen LogP contribution in [0.3, 0.4) is 0 Å². The Morgan fingerprint density at radius 2 is 2.14 bits per heavy atom. The standard InChI is InChI=1S/C9H13N3O2/c10-4-7(12)8-5(9(13)14)2-1-3-6(8)11/h1-3,7H,4,10-12H2,(H,13,14)/t7-/m1/s1. The monoisotopic (exact) mass is 195 g/mol. The molecule has 14 heavy (non-hydrogen) atoms. The molecule has 0 radical (unpaired) electrons. The third-order valence-electron chi connectivity index (χ3n) is 1.99. The van der Waals surface area contributed by atoms with Crippen molar-refractivity contribution in [3.8, 4) is 0 Å². The second kappa shape index (κ2) is 4.08. The van der Waals surface area contributed by atoms with Crippen LogP contribution in [0.2, 0.25) is 0 Å². The second-order valence-corrected chi connectivity index (χ2v) is 2.96. The molecule has 0 aliphatic carbocycles. The summed E-state index contributed by atoms with van der Waals surface area (Å²) in [5, 5.41) is 8.88. The maximum absolute atomic E-state index is 10.8. The lowest BCUT2D eigenvalue weighted by Crippen LogP contribution is -2.24. The Morgan fingerprint density at radius 3 is 2.64 bits per heavy atom. The quantitative estimate of drug-likeness (QED) is 0.504. The zero-order valence-electron chi connectivity index (χ0n) is 7.60. The zero-order valence-corrected chi connectivity index (χ0v) is 7.60. The number of carboxylic acids is 1. The van der Waals surface area contributed by atoms with Crippen LogP contribution in [-0.2, 0) is 0 Å². The van der Waals surface area contributed by atoms with E-state index in [0.29, 0.717) is 11.3 Å². The lowest BCUT2D eigenvalue weighted by Gasteiger charge is -2.14. The van der Waals surface area contributed by atoms with Gasteiger partial charge in [-0.05, 0) is 12.1 Å². The number of carbonyl (C=O) groups is 1. The normalized spacial score (nSPS) is 12.4. The molecule has 0 aromatic heterocycles. The zero-order chi connectivity index (χ0) is 10.7. The maximum atomic E-state index is 10.8. The average molecular weight is 195 g/mol. The molecule has 0 fully saturated rings. The van der Waals surface area contributed by atoms with Crippen LogP contribution < -0.4 is 17.2 Å². The fourth-order valence-corrected chi connectivity index (χ4v) is 1.30. The fraction of sp³-hybridized carbons (Fsp3) is 0.222. The van der Waals surface area contributed by atoms with Gasteiger partial charge in [0, 0.05) is 23.8 Å². The molecule has 5 heteroatoms. The van der Waals surface area contributed by atoms with Crippen molar-refractivity contribution < 1.29 is 9.90 Å². The molecule has 1 rings (SSSR count). The number of carboxylic acid groups (broad SMARTS) is 1. The highest BCUT2D eigenvalue weighted by atomic mass is 16.4. The molecule has 0 bridgehead atoms. The smallest absolute Gasteiger partial charge is 0.336 e. The van der Waals surface area contributed by atoms with Gasteiger partial charge in [-0.2, -0.15) is 0 Å². The maximum Gasteiger partial charge on any atom is 0.336 e. The summed E-state index contributed by atoms with van der Waals surface area (Å²) in [6.45, 7) is 0.161. The predicted molar refractivity (Wildman–Crippen MR) is 53.8 cm³/mol. The van der Waals surface area contributed by atoms with Crippen LogP contribution in [0.1, 0.15) is 22.0 Å². The molecule has 0 saturated heterocycles. The number of hydrogen-bond acceptors (Lipinski definition) is 4. The summed E-state index contributed by atoms with van der Waals surface area (Å²) in [5.74, 6) is -1.05. The minimum absolute atomic E-state index is 0.114. The summed E-state index contributed by atoms with van der Waals surface area (Å²) in [4.78, 5) is 10.8. The van der Waals surface area contributed by atoms with Crippen molar-refractivity contribution in [2.45, 2.75) is 6.04 Å². The van der Waals surface area contributed by atoms with E-state index >= 15 is 0 Å². The number of benzene rings is 1. The SMILES string of the molecule is NC[C@@H](N)c1c(N)cccc1C(=O)O. The molecule has 76 valence electrons. The van der Waals surface area contributed by atoms with E-state index in [9.17, 15) is 4.79 Å². The summed E-state index contributed by atoms with van der Waals surface area (Å²) in [6, 6.07) is 4.11. The minimum atomic E-state index is -1.05. The van der Waals surface area contributed by atoms with Crippen LogP contribution in [0, 0.1) is 0 Å². The van der Waals surface area contributed by atoms with Crippen molar-refractivity contribution in [1.29, 1.82) is 0 Å². The number of anilines is 1. The molecular formula is C9H13N3O2. The van der Waals surface area contributed by atoms with E-state index < -0.39 is 12.0 Å². The first kappa shape index (κ1) is 10.5. The molecule has 5 nitrogen and oxygen atoms in total. The third-order valence-corrected chi connectivity index (χ3v) is 1.99. The van der Waals surface area contributed by atoms with Crippen molar-refractivity contribution in [1.82, 2.24) is 0 Å². The van der Waals surface area contributed by atoms with E-state index in [4.69, 9.17) is 22.3 Å². The molecule has 0 spiro atoms. The summed E-state index contributed by atoms with van der Waals surface area (Å²) >= 11 is 0. The Balaban J connectivity index is 3.29. The van der Waals surface area contributed by atoms with Crippen LogP contribution in [0.25, 0.3) is 0 Å². The van der Waals surface area contributed by atoms with Crippen molar-refractivity contribution in [2.24, 2.45) is 11.5 Å². The Labute approximate surface area is 81.5 Å². The molecule has 0 aliphatic rings. The second-order valence-electron chi connectivity index (χ2n) is 2.96. The van der Waals surface area contributed by atoms with Crippen molar-refractivity contribution in [3.63, 3.8) is 0 Å². The molecule has 0 unspecified atom stereocenters. The van der Waals surface area contributed by atoms with Gasteiger partial charge >= 0.3 is 5.97 Å². The van der Waals surface area contributed by atoms with Gasteiger partial charge in [0.05, 0.1) is 5.56 Å². The fourth-order valence-electron chi connectivity index (χ4n) is 1.30. The van der Waals surface area contributed by atoms with Crippen LogP contribution >= 0.6 is 0 Å². The first-order chi connectivity index (χ1) is 6.57. The largest absolute Gasteiger partial charge is 0.478 e. The van der Waals surface area contributed by atoms with Gasteiger partial charge in [0.1, 0.15) is 0 Å². The Morgan fingerprint density at radius 1 is 1.50 bits per heavy atom. The molecule has 0 heterocycles. The number of aromatic carboxylic acids is 1. The van der Waals surface area contributed by atoms with Gasteiger partial charge in [-0.15, -0.1) is 0 Å². The van der Waals surface area contributed by atoms with Crippen molar-refractivity contribution in [2.75, 3.05) is 12.3 Å². The van der Waals surface area contributed by atoms with E-state index in [1.165, 1.54) is 6.07 Å². The van der Waals surface area contributed by atoms with E-state index in [-0.39, 0.29) is 12.1 Å². The van der Waals surface area contributed by atoms with Gasteiger partial charge < -0.3 is 22.3 Å². The Bertz CT molecular complexity index is 352. The first-order valence-electron chi connectivity index (χ1n) is 4.15. The third kappa shape index (κ3) is 1.84. The highest BCUT2D eigenvalue weighted by Gasteiger charge is 2.17. The molecule has 0 amide bonds. The molecule has 7 N–H and O–H groups in total. The van der Waals surface area contributed by atoms with Gasteiger partial charge in [-0.3, -0.25) is 0 Å². The Hall–Kier alpha value is -1.59. The number of nitrogen functional groups attached to an aromatic ring is 1. The lowest BCUT2D eigenvalue weighted by atomic mass is 9.99. The summed E-state index contributed by atoms with van der Waals surface area (Å²) in [7, 11) is 0.